The Morgan fingerprint density at radius 2 is 1.65 bits per heavy atom. The molecule has 1 saturated heterocycles. The Labute approximate surface area is 123 Å². The highest BCUT2D eigenvalue weighted by atomic mass is 15.1. The zero-order valence-electron chi connectivity index (χ0n) is 12.8. The molecule has 1 heterocycles. The van der Waals surface area contributed by atoms with Gasteiger partial charge in [0.25, 0.3) is 0 Å². The SMILES string of the molecule is CC(C)Cc1ccc(C(C#N)N2CCCCCC2)cc1. The molecule has 20 heavy (non-hydrogen) atoms. The van der Waals surface area contributed by atoms with Crippen LogP contribution in [0.2, 0.25) is 0 Å². The average molecular weight is 270 g/mol. The maximum atomic E-state index is 9.55. The van der Waals surface area contributed by atoms with E-state index < -0.39 is 0 Å². The van der Waals surface area contributed by atoms with Crippen LogP contribution in [-0.4, -0.2) is 18.0 Å². The summed E-state index contributed by atoms with van der Waals surface area (Å²) in [6.45, 7) is 6.60. The fraction of sp³-hybridized carbons (Fsp3) is 0.611. The van der Waals surface area contributed by atoms with Gasteiger partial charge in [-0.3, -0.25) is 4.90 Å². The van der Waals surface area contributed by atoms with Gasteiger partial charge in [-0.15, -0.1) is 0 Å². The summed E-state index contributed by atoms with van der Waals surface area (Å²) in [7, 11) is 0. The van der Waals surface area contributed by atoms with Crippen LogP contribution in [0.1, 0.15) is 56.7 Å². The first-order chi connectivity index (χ1) is 9.70. The van der Waals surface area contributed by atoms with E-state index in [1.54, 1.807) is 0 Å². The fourth-order valence-electron chi connectivity index (χ4n) is 3.03. The largest absolute Gasteiger partial charge is 0.284 e. The van der Waals surface area contributed by atoms with Gasteiger partial charge in [0.15, 0.2) is 0 Å². The van der Waals surface area contributed by atoms with Gasteiger partial charge in [-0.25, -0.2) is 0 Å². The van der Waals surface area contributed by atoms with Crippen molar-refractivity contribution in [1.29, 1.82) is 5.26 Å². The lowest BCUT2D eigenvalue weighted by Crippen LogP contribution is -2.28. The van der Waals surface area contributed by atoms with E-state index in [2.05, 4.69) is 49.1 Å². The second-order valence-electron chi connectivity index (χ2n) is 6.32. The Balaban J connectivity index is 2.08. The number of rotatable bonds is 4. The summed E-state index contributed by atoms with van der Waals surface area (Å²) >= 11 is 0. The number of hydrogen-bond donors (Lipinski definition) is 0. The first-order valence-electron chi connectivity index (χ1n) is 7.93. The van der Waals surface area contributed by atoms with Crippen LogP contribution in [0.3, 0.4) is 0 Å². The van der Waals surface area contributed by atoms with Crippen molar-refractivity contribution in [2.24, 2.45) is 5.92 Å². The molecule has 1 unspecified atom stereocenters. The van der Waals surface area contributed by atoms with Gasteiger partial charge >= 0.3 is 0 Å². The predicted octanol–water partition coefficient (Wildman–Crippen LogP) is 4.33. The molecule has 1 aliphatic heterocycles. The molecule has 0 radical (unpaired) electrons. The van der Waals surface area contributed by atoms with Crippen LogP contribution < -0.4 is 0 Å². The van der Waals surface area contributed by atoms with E-state index in [9.17, 15) is 5.26 Å². The second-order valence-corrected chi connectivity index (χ2v) is 6.32. The Morgan fingerprint density at radius 1 is 1.05 bits per heavy atom. The third-order valence-electron chi connectivity index (χ3n) is 4.07. The summed E-state index contributed by atoms with van der Waals surface area (Å²) < 4.78 is 0. The summed E-state index contributed by atoms with van der Waals surface area (Å²) in [5.74, 6) is 0.679. The molecule has 1 aromatic carbocycles. The van der Waals surface area contributed by atoms with Crippen molar-refractivity contribution in [1.82, 2.24) is 4.90 Å². The molecule has 0 saturated carbocycles. The van der Waals surface area contributed by atoms with Crippen LogP contribution >= 0.6 is 0 Å². The van der Waals surface area contributed by atoms with E-state index in [4.69, 9.17) is 0 Å². The van der Waals surface area contributed by atoms with Crippen LogP contribution in [0.25, 0.3) is 0 Å². The van der Waals surface area contributed by atoms with Crippen molar-refractivity contribution in [3.8, 4) is 6.07 Å². The highest BCUT2D eigenvalue weighted by molar-refractivity contribution is 5.28. The van der Waals surface area contributed by atoms with Gasteiger partial charge in [0, 0.05) is 0 Å². The van der Waals surface area contributed by atoms with Crippen LogP contribution in [-0.2, 0) is 6.42 Å². The summed E-state index contributed by atoms with van der Waals surface area (Å²) in [5, 5.41) is 9.55. The third-order valence-corrected chi connectivity index (χ3v) is 4.07. The first kappa shape index (κ1) is 15.1. The Hall–Kier alpha value is -1.33. The van der Waals surface area contributed by atoms with Crippen molar-refractivity contribution in [3.05, 3.63) is 35.4 Å². The molecule has 0 amide bonds. The Bertz CT molecular complexity index is 433. The van der Waals surface area contributed by atoms with E-state index in [0.29, 0.717) is 5.92 Å². The van der Waals surface area contributed by atoms with Crippen LogP contribution in [0.4, 0.5) is 0 Å². The fourth-order valence-corrected chi connectivity index (χ4v) is 3.03. The van der Waals surface area contributed by atoms with Gasteiger partial charge in [-0.2, -0.15) is 5.26 Å². The molecule has 2 nitrogen and oxygen atoms in total. The summed E-state index contributed by atoms with van der Waals surface area (Å²) in [5.41, 5.74) is 2.53. The van der Waals surface area contributed by atoms with Crippen molar-refractivity contribution >= 4 is 0 Å². The molecule has 2 heteroatoms. The normalized spacial score (nSPS) is 18.5. The highest BCUT2D eigenvalue weighted by Gasteiger charge is 2.20. The predicted molar refractivity (Wildman–Crippen MR) is 83.4 cm³/mol. The molecule has 1 aliphatic rings. The van der Waals surface area contributed by atoms with Crippen molar-refractivity contribution in [3.63, 3.8) is 0 Å². The van der Waals surface area contributed by atoms with Crippen LogP contribution in [0.5, 0.6) is 0 Å². The lowest BCUT2D eigenvalue weighted by molar-refractivity contribution is 0.246. The number of likely N-dealkylation sites (tertiary alicyclic amines) is 1. The lowest BCUT2D eigenvalue weighted by Gasteiger charge is -2.25. The molecule has 0 spiro atoms. The van der Waals surface area contributed by atoms with Gasteiger partial charge in [0.1, 0.15) is 6.04 Å². The highest BCUT2D eigenvalue weighted by Crippen LogP contribution is 2.24. The van der Waals surface area contributed by atoms with Crippen molar-refractivity contribution < 1.29 is 0 Å². The standard InChI is InChI=1S/C18H26N2/c1-15(2)13-16-7-9-17(10-8-16)18(14-19)20-11-5-3-4-6-12-20/h7-10,15,18H,3-6,11-13H2,1-2H3. The molecule has 108 valence electrons. The zero-order chi connectivity index (χ0) is 14.4. The number of nitrogens with zero attached hydrogens (tertiary/aromatic N) is 2. The minimum atomic E-state index is -0.0683. The van der Waals surface area contributed by atoms with E-state index in [1.165, 1.54) is 31.2 Å². The van der Waals surface area contributed by atoms with Gasteiger partial charge in [-0.1, -0.05) is 51.0 Å². The molecule has 0 aromatic heterocycles. The van der Waals surface area contributed by atoms with E-state index in [-0.39, 0.29) is 6.04 Å². The molecular weight excluding hydrogens is 244 g/mol. The van der Waals surface area contributed by atoms with Crippen LogP contribution in [0, 0.1) is 17.2 Å². The van der Waals surface area contributed by atoms with Gasteiger partial charge < -0.3 is 0 Å². The number of hydrogen-bond acceptors (Lipinski definition) is 2. The minimum Gasteiger partial charge on any atom is -0.284 e. The monoisotopic (exact) mass is 270 g/mol. The number of nitriles is 1. The maximum Gasteiger partial charge on any atom is 0.123 e. The summed E-state index contributed by atoms with van der Waals surface area (Å²) in [6, 6.07) is 11.1. The van der Waals surface area contributed by atoms with E-state index in [1.807, 2.05) is 0 Å². The summed E-state index contributed by atoms with van der Waals surface area (Å²) in [4.78, 5) is 2.35. The first-order valence-corrected chi connectivity index (χ1v) is 7.93. The smallest absolute Gasteiger partial charge is 0.123 e. The zero-order valence-corrected chi connectivity index (χ0v) is 12.8. The topological polar surface area (TPSA) is 27.0 Å². The molecule has 0 aliphatic carbocycles. The molecule has 0 N–H and O–H groups in total. The molecule has 0 bridgehead atoms. The lowest BCUT2D eigenvalue weighted by atomic mass is 9.99. The van der Waals surface area contributed by atoms with Crippen molar-refractivity contribution in [2.75, 3.05) is 13.1 Å². The van der Waals surface area contributed by atoms with Gasteiger partial charge in [0.2, 0.25) is 0 Å². The van der Waals surface area contributed by atoms with E-state index >= 15 is 0 Å². The Morgan fingerprint density at radius 3 is 2.15 bits per heavy atom. The summed E-state index contributed by atoms with van der Waals surface area (Å²) in [6.07, 6.45) is 6.18. The van der Waals surface area contributed by atoms with Gasteiger partial charge in [0.05, 0.1) is 6.07 Å². The maximum absolute atomic E-state index is 9.55. The Kier molecular flexibility index (Phi) is 5.61. The minimum absolute atomic E-state index is 0.0683. The van der Waals surface area contributed by atoms with E-state index in [0.717, 1.165) is 25.1 Å². The van der Waals surface area contributed by atoms with Crippen molar-refractivity contribution in [2.45, 2.75) is 52.0 Å². The number of benzene rings is 1. The average Bonchev–Trinajstić information content (AvgIpc) is 2.70. The molecule has 2 rings (SSSR count). The second kappa shape index (κ2) is 7.45. The third kappa shape index (κ3) is 4.08. The van der Waals surface area contributed by atoms with Crippen LogP contribution in [0.15, 0.2) is 24.3 Å². The molecule has 1 aromatic rings. The van der Waals surface area contributed by atoms with Gasteiger partial charge in [-0.05, 0) is 49.4 Å². The quantitative estimate of drug-likeness (QED) is 0.814. The molecule has 1 atom stereocenters. The molecular formula is C18H26N2. The molecule has 1 fully saturated rings.